The second kappa shape index (κ2) is 7.94. The highest BCUT2D eigenvalue weighted by Gasteiger charge is 2.24. The Morgan fingerprint density at radius 3 is 2.77 bits per heavy atom. The van der Waals surface area contributed by atoms with Crippen LogP contribution in [0.4, 0.5) is 0 Å². The Labute approximate surface area is 138 Å². The molecule has 5 nitrogen and oxygen atoms in total. The number of nitrogens with one attached hydrogen (secondary N) is 1. The van der Waals surface area contributed by atoms with Crippen molar-refractivity contribution in [3.8, 4) is 0 Å². The van der Waals surface area contributed by atoms with Gasteiger partial charge in [0.25, 0.3) is 5.91 Å². The van der Waals surface area contributed by atoms with Crippen molar-refractivity contribution in [2.24, 2.45) is 5.92 Å². The molecule has 1 aromatic carbocycles. The Morgan fingerprint density at radius 2 is 2.14 bits per heavy atom. The molecule has 2 rings (SSSR count). The molecule has 0 spiro atoms. The van der Waals surface area contributed by atoms with Crippen molar-refractivity contribution in [2.45, 2.75) is 17.7 Å². The van der Waals surface area contributed by atoms with Gasteiger partial charge in [-0.3, -0.25) is 4.79 Å². The van der Waals surface area contributed by atoms with Gasteiger partial charge in [0.15, 0.2) is 9.84 Å². The van der Waals surface area contributed by atoms with Crippen molar-refractivity contribution < 1.29 is 13.2 Å². The first kappa shape index (κ1) is 18.9. The molecule has 1 aliphatic rings. The highest BCUT2D eigenvalue weighted by molar-refractivity contribution is 7.90. The first-order valence-corrected chi connectivity index (χ1v) is 9.05. The van der Waals surface area contributed by atoms with Gasteiger partial charge in [-0.2, -0.15) is 0 Å². The Hall–Kier alpha value is -1.11. The number of piperidine rings is 1. The normalized spacial score (nSPS) is 18.6. The first-order valence-electron chi connectivity index (χ1n) is 7.16. The molecule has 1 N–H and O–H groups in total. The third-order valence-corrected chi connectivity index (χ3v) is 4.92. The lowest BCUT2D eigenvalue weighted by Gasteiger charge is -2.32. The van der Waals surface area contributed by atoms with Crippen molar-refractivity contribution in [3.05, 3.63) is 29.8 Å². The Balaban J connectivity index is 0.00000242. The first-order chi connectivity index (χ1) is 9.91. The largest absolute Gasteiger partial charge is 0.338 e. The molecule has 1 unspecified atom stereocenters. The number of likely N-dealkylation sites (tertiary alicyclic amines) is 1. The van der Waals surface area contributed by atoms with Crippen LogP contribution < -0.4 is 5.32 Å². The molecule has 0 aliphatic carbocycles. The van der Waals surface area contributed by atoms with Crippen LogP contribution in [-0.2, 0) is 9.84 Å². The Kier molecular flexibility index (Phi) is 6.84. The number of carbonyl (C=O) groups excluding carboxylic acids is 1. The molecule has 22 heavy (non-hydrogen) atoms. The third-order valence-electron chi connectivity index (χ3n) is 3.81. The van der Waals surface area contributed by atoms with Gasteiger partial charge >= 0.3 is 0 Å². The molecular weight excluding hydrogens is 324 g/mol. The second-order valence-corrected chi connectivity index (χ2v) is 7.63. The summed E-state index contributed by atoms with van der Waals surface area (Å²) in [4.78, 5) is 14.6. The van der Waals surface area contributed by atoms with Gasteiger partial charge in [-0.25, -0.2) is 8.42 Å². The van der Waals surface area contributed by atoms with Gasteiger partial charge in [0.2, 0.25) is 0 Å². The molecule has 7 heteroatoms. The number of halogens is 1. The fourth-order valence-corrected chi connectivity index (χ4v) is 3.41. The van der Waals surface area contributed by atoms with Crippen LogP contribution in [0.2, 0.25) is 0 Å². The van der Waals surface area contributed by atoms with Crippen molar-refractivity contribution >= 4 is 28.2 Å². The zero-order valence-electron chi connectivity index (χ0n) is 12.9. The average molecular weight is 347 g/mol. The maximum atomic E-state index is 12.5. The van der Waals surface area contributed by atoms with Crippen LogP contribution in [0.3, 0.4) is 0 Å². The van der Waals surface area contributed by atoms with Crippen molar-refractivity contribution in [1.82, 2.24) is 10.2 Å². The van der Waals surface area contributed by atoms with Crippen LogP contribution in [0.15, 0.2) is 29.2 Å². The summed E-state index contributed by atoms with van der Waals surface area (Å²) >= 11 is 0. The number of hydrogen-bond donors (Lipinski definition) is 1. The van der Waals surface area contributed by atoms with Crippen LogP contribution in [0, 0.1) is 5.92 Å². The van der Waals surface area contributed by atoms with E-state index in [4.69, 9.17) is 0 Å². The van der Waals surface area contributed by atoms with Crippen molar-refractivity contribution in [1.29, 1.82) is 0 Å². The van der Waals surface area contributed by atoms with E-state index in [0.29, 0.717) is 11.5 Å². The fraction of sp³-hybridized carbons (Fsp3) is 0.533. The van der Waals surface area contributed by atoms with E-state index in [-0.39, 0.29) is 23.2 Å². The van der Waals surface area contributed by atoms with Crippen LogP contribution in [0.25, 0.3) is 0 Å². The standard InChI is InChI=1S/C15H22N2O3S.ClH/c1-16-10-12-5-4-8-17(11-12)15(18)13-6-3-7-14(9-13)21(2,19)20;/h3,6-7,9,12,16H,4-5,8,10-11H2,1-2H3;1H. The van der Waals surface area contributed by atoms with Crippen molar-refractivity contribution in [2.75, 3.05) is 32.9 Å². The highest BCUT2D eigenvalue weighted by Crippen LogP contribution is 2.19. The van der Waals surface area contributed by atoms with E-state index >= 15 is 0 Å². The summed E-state index contributed by atoms with van der Waals surface area (Å²) in [6.07, 6.45) is 3.26. The molecule has 1 amide bonds. The molecule has 0 aromatic heterocycles. The lowest BCUT2D eigenvalue weighted by Crippen LogP contribution is -2.42. The van der Waals surface area contributed by atoms with E-state index in [2.05, 4.69) is 5.32 Å². The molecule has 0 radical (unpaired) electrons. The van der Waals surface area contributed by atoms with Crippen LogP contribution in [0.5, 0.6) is 0 Å². The minimum atomic E-state index is -3.29. The minimum absolute atomic E-state index is 0. The zero-order valence-corrected chi connectivity index (χ0v) is 14.5. The van der Waals surface area contributed by atoms with E-state index in [1.807, 2.05) is 11.9 Å². The van der Waals surface area contributed by atoms with E-state index in [9.17, 15) is 13.2 Å². The van der Waals surface area contributed by atoms with E-state index < -0.39 is 9.84 Å². The fourth-order valence-electron chi connectivity index (χ4n) is 2.75. The molecule has 1 aliphatic heterocycles. The molecule has 1 aromatic rings. The summed E-state index contributed by atoms with van der Waals surface area (Å²) in [6.45, 7) is 2.36. The van der Waals surface area contributed by atoms with Crippen LogP contribution in [0.1, 0.15) is 23.2 Å². The SMILES string of the molecule is CNCC1CCCN(C(=O)c2cccc(S(C)(=O)=O)c2)C1.Cl. The summed E-state index contributed by atoms with van der Waals surface area (Å²) in [6, 6.07) is 6.29. The number of sulfone groups is 1. The van der Waals surface area contributed by atoms with Gasteiger partial charge in [0.1, 0.15) is 0 Å². The lowest BCUT2D eigenvalue weighted by atomic mass is 9.97. The lowest BCUT2D eigenvalue weighted by molar-refractivity contribution is 0.0674. The molecule has 124 valence electrons. The number of hydrogen-bond acceptors (Lipinski definition) is 4. The maximum Gasteiger partial charge on any atom is 0.253 e. The summed E-state index contributed by atoms with van der Waals surface area (Å²) in [7, 11) is -1.38. The minimum Gasteiger partial charge on any atom is -0.338 e. The summed E-state index contributed by atoms with van der Waals surface area (Å²) in [5.41, 5.74) is 0.447. The van der Waals surface area contributed by atoms with Crippen LogP contribution >= 0.6 is 12.4 Å². The summed E-state index contributed by atoms with van der Waals surface area (Å²) in [5.74, 6) is 0.382. The van der Waals surface area contributed by atoms with Gasteiger partial charge in [-0.1, -0.05) is 6.07 Å². The van der Waals surface area contributed by atoms with Gasteiger partial charge in [0.05, 0.1) is 4.90 Å². The van der Waals surface area contributed by atoms with Gasteiger partial charge in [0, 0.05) is 24.9 Å². The van der Waals surface area contributed by atoms with Crippen LogP contribution in [-0.4, -0.2) is 52.2 Å². The predicted octanol–water partition coefficient (Wildman–Crippen LogP) is 1.58. The van der Waals surface area contributed by atoms with E-state index in [0.717, 1.165) is 38.7 Å². The summed E-state index contributed by atoms with van der Waals surface area (Å²) < 4.78 is 23.2. The van der Waals surface area contributed by atoms with Crippen molar-refractivity contribution in [3.63, 3.8) is 0 Å². The number of rotatable bonds is 4. The van der Waals surface area contributed by atoms with E-state index in [1.165, 1.54) is 12.1 Å². The monoisotopic (exact) mass is 346 g/mol. The third kappa shape index (κ3) is 4.69. The summed E-state index contributed by atoms with van der Waals surface area (Å²) in [5, 5.41) is 3.15. The molecule has 0 bridgehead atoms. The quantitative estimate of drug-likeness (QED) is 0.899. The van der Waals surface area contributed by atoms with Gasteiger partial charge < -0.3 is 10.2 Å². The number of carbonyl (C=O) groups is 1. The Morgan fingerprint density at radius 1 is 1.41 bits per heavy atom. The van der Waals surface area contributed by atoms with Gasteiger partial charge in [-0.05, 0) is 50.6 Å². The zero-order chi connectivity index (χ0) is 15.5. The molecule has 1 fully saturated rings. The molecule has 1 saturated heterocycles. The maximum absolute atomic E-state index is 12.5. The number of amides is 1. The predicted molar refractivity (Wildman–Crippen MR) is 89.4 cm³/mol. The van der Waals surface area contributed by atoms with Gasteiger partial charge in [-0.15, -0.1) is 12.4 Å². The second-order valence-electron chi connectivity index (χ2n) is 5.62. The number of nitrogens with zero attached hydrogens (tertiary/aromatic N) is 1. The molecule has 1 heterocycles. The Bertz CT molecular complexity index is 617. The number of benzene rings is 1. The van der Waals surface area contributed by atoms with E-state index in [1.54, 1.807) is 12.1 Å². The smallest absolute Gasteiger partial charge is 0.253 e. The topological polar surface area (TPSA) is 66.5 Å². The molecule has 1 atom stereocenters. The molecular formula is C15H23ClN2O3S. The average Bonchev–Trinajstić information content (AvgIpc) is 2.46. The molecule has 0 saturated carbocycles. The highest BCUT2D eigenvalue weighted by atomic mass is 35.5.